The summed E-state index contributed by atoms with van der Waals surface area (Å²) in [4.78, 5) is 31.2. The van der Waals surface area contributed by atoms with Crippen molar-refractivity contribution in [3.05, 3.63) is 111 Å². The monoisotopic (exact) mass is 446 g/mol. The van der Waals surface area contributed by atoms with Crippen molar-refractivity contribution in [1.29, 1.82) is 0 Å². The zero-order valence-corrected chi connectivity index (χ0v) is 17.6. The number of fused-ring (bicyclic) bond motifs is 1. The van der Waals surface area contributed by atoms with Crippen molar-refractivity contribution < 1.29 is 13.5 Å². The first kappa shape index (κ1) is 20.5. The van der Waals surface area contributed by atoms with Crippen molar-refractivity contribution in [2.75, 3.05) is 7.11 Å². The van der Waals surface area contributed by atoms with Gasteiger partial charge in [0.15, 0.2) is 11.2 Å². The van der Waals surface area contributed by atoms with Crippen molar-refractivity contribution >= 4 is 11.2 Å². The molecule has 0 unspecified atom stereocenters. The van der Waals surface area contributed by atoms with Gasteiger partial charge < -0.3 is 13.7 Å². The summed E-state index contributed by atoms with van der Waals surface area (Å²) in [7, 11) is 1.59. The van der Waals surface area contributed by atoms with E-state index in [1.165, 1.54) is 41.4 Å². The molecule has 166 valence electrons. The van der Waals surface area contributed by atoms with E-state index in [1.807, 2.05) is 24.3 Å². The molecule has 2 aromatic carbocycles. The molecule has 0 bridgehead atoms. The van der Waals surface area contributed by atoms with Crippen molar-refractivity contribution in [3.8, 4) is 11.4 Å². The van der Waals surface area contributed by atoms with Gasteiger partial charge in [0.05, 0.1) is 31.9 Å². The van der Waals surface area contributed by atoms with Gasteiger partial charge in [0.25, 0.3) is 5.56 Å². The zero-order chi connectivity index (χ0) is 22.9. The second-order valence-corrected chi connectivity index (χ2v) is 7.46. The van der Waals surface area contributed by atoms with Crippen molar-refractivity contribution in [3.63, 3.8) is 0 Å². The Bertz CT molecular complexity index is 1530. The lowest BCUT2D eigenvalue weighted by Crippen LogP contribution is -2.40. The van der Waals surface area contributed by atoms with Crippen molar-refractivity contribution in [1.82, 2.24) is 18.7 Å². The van der Waals surface area contributed by atoms with E-state index in [0.717, 1.165) is 15.9 Å². The van der Waals surface area contributed by atoms with Crippen LogP contribution in [0.5, 0.6) is 5.75 Å². The number of nitrogens with zero attached hydrogens (tertiary/aromatic N) is 4. The lowest BCUT2D eigenvalue weighted by molar-refractivity contribution is 0.414. The van der Waals surface area contributed by atoms with E-state index in [1.54, 1.807) is 23.8 Å². The number of hydrogen-bond acceptors (Lipinski definition) is 5. The van der Waals surface area contributed by atoms with Gasteiger partial charge in [-0.2, -0.15) is 0 Å². The number of ether oxygens (including phenoxy) is 1. The Balaban J connectivity index is 1.72. The lowest BCUT2D eigenvalue weighted by atomic mass is 10.2. The number of aromatic nitrogens is 4. The van der Waals surface area contributed by atoms with Crippen LogP contribution in [-0.4, -0.2) is 25.8 Å². The van der Waals surface area contributed by atoms with E-state index in [9.17, 15) is 14.0 Å². The Labute approximate surface area is 186 Å². The van der Waals surface area contributed by atoms with Crippen LogP contribution in [0.25, 0.3) is 16.9 Å². The number of hydrogen-bond donors (Lipinski definition) is 0. The van der Waals surface area contributed by atoms with Crippen LogP contribution in [0, 0.1) is 5.82 Å². The van der Waals surface area contributed by atoms with Gasteiger partial charge in [-0.15, -0.1) is 0 Å². The Kier molecular flexibility index (Phi) is 5.14. The number of furan rings is 1. The molecule has 0 aliphatic rings. The summed E-state index contributed by atoms with van der Waals surface area (Å²) < 4.78 is 28.2. The minimum Gasteiger partial charge on any atom is -0.497 e. The van der Waals surface area contributed by atoms with Crippen LogP contribution in [-0.2, 0) is 13.1 Å². The predicted octanol–water partition coefficient (Wildman–Crippen LogP) is 3.19. The molecule has 0 fully saturated rings. The predicted molar refractivity (Wildman–Crippen MR) is 119 cm³/mol. The van der Waals surface area contributed by atoms with Crippen molar-refractivity contribution in [2.24, 2.45) is 0 Å². The van der Waals surface area contributed by atoms with Crippen LogP contribution in [0.1, 0.15) is 11.3 Å². The van der Waals surface area contributed by atoms with Crippen molar-refractivity contribution in [2.45, 2.75) is 13.1 Å². The Morgan fingerprint density at radius 2 is 1.76 bits per heavy atom. The minimum absolute atomic E-state index is 0.0461. The molecule has 0 radical (unpaired) electrons. The average Bonchev–Trinajstić information content (AvgIpc) is 3.49. The summed E-state index contributed by atoms with van der Waals surface area (Å²) in [5.41, 5.74) is 0.684. The number of methoxy groups -OCH3 is 1. The smallest absolute Gasteiger partial charge is 0.337 e. The lowest BCUT2D eigenvalue weighted by Gasteiger charge is -2.12. The van der Waals surface area contributed by atoms with Gasteiger partial charge >= 0.3 is 5.69 Å². The molecular formula is C24H19FN4O4. The highest BCUT2D eigenvalue weighted by atomic mass is 19.1. The third kappa shape index (κ3) is 3.73. The van der Waals surface area contributed by atoms with Crippen LogP contribution in [0.4, 0.5) is 4.39 Å². The molecule has 0 aliphatic heterocycles. The highest BCUT2D eigenvalue weighted by molar-refractivity contribution is 5.72. The van der Waals surface area contributed by atoms with E-state index >= 15 is 0 Å². The van der Waals surface area contributed by atoms with Crippen LogP contribution >= 0.6 is 0 Å². The second kappa shape index (κ2) is 8.27. The van der Waals surface area contributed by atoms with Gasteiger partial charge in [0, 0.05) is 6.54 Å². The summed E-state index contributed by atoms with van der Waals surface area (Å²) in [6.07, 6.45) is 3.00. The fourth-order valence-corrected chi connectivity index (χ4v) is 3.75. The fourth-order valence-electron chi connectivity index (χ4n) is 3.75. The quantitative estimate of drug-likeness (QED) is 0.400. The molecule has 0 amide bonds. The zero-order valence-electron chi connectivity index (χ0n) is 17.6. The summed E-state index contributed by atoms with van der Waals surface area (Å²) in [5.74, 6) is 0.748. The maximum absolute atomic E-state index is 13.5. The molecular weight excluding hydrogens is 427 g/mol. The first-order chi connectivity index (χ1) is 16.0. The molecule has 5 rings (SSSR count). The molecule has 3 aromatic heterocycles. The third-order valence-electron chi connectivity index (χ3n) is 5.39. The molecule has 0 saturated heterocycles. The fraction of sp³-hybridized carbons (Fsp3) is 0.125. The van der Waals surface area contributed by atoms with Gasteiger partial charge in [-0.1, -0.05) is 12.1 Å². The van der Waals surface area contributed by atoms with Crippen LogP contribution < -0.4 is 16.0 Å². The third-order valence-corrected chi connectivity index (χ3v) is 5.39. The standard InChI is InChI=1S/C24H19FN4O4/c1-32-19-10-4-16(5-11-19)13-27-15-26-22-21(27)23(30)28(14-20-3-2-12-33-20)24(31)29(22)18-8-6-17(25)7-9-18/h2-12,15H,13-14H2,1H3. The van der Waals surface area contributed by atoms with Gasteiger partial charge in [0.2, 0.25) is 0 Å². The second-order valence-electron chi connectivity index (χ2n) is 7.46. The highest BCUT2D eigenvalue weighted by Crippen LogP contribution is 2.17. The molecule has 0 atom stereocenters. The SMILES string of the molecule is COc1ccc(Cn2cnc3c2c(=O)n(Cc2ccco2)c(=O)n3-c2ccc(F)cc2)cc1. The molecule has 3 heterocycles. The molecule has 5 aromatic rings. The Morgan fingerprint density at radius 3 is 2.42 bits per heavy atom. The first-order valence-corrected chi connectivity index (χ1v) is 10.2. The van der Waals surface area contributed by atoms with E-state index in [2.05, 4.69) is 4.98 Å². The van der Waals surface area contributed by atoms with Crippen LogP contribution in [0.15, 0.2) is 87.3 Å². The van der Waals surface area contributed by atoms with Gasteiger partial charge in [0.1, 0.15) is 17.3 Å². The minimum atomic E-state index is -0.592. The topological polar surface area (TPSA) is 84.2 Å². The van der Waals surface area contributed by atoms with Gasteiger partial charge in [-0.05, 0) is 54.1 Å². The summed E-state index contributed by atoms with van der Waals surface area (Å²) in [6.45, 7) is 0.313. The van der Waals surface area contributed by atoms with Gasteiger partial charge in [-0.25, -0.2) is 18.7 Å². The number of benzene rings is 2. The van der Waals surface area contributed by atoms with E-state index < -0.39 is 17.1 Å². The van der Waals surface area contributed by atoms with Crippen LogP contribution in [0.3, 0.4) is 0 Å². The molecule has 0 spiro atoms. The highest BCUT2D eigenvalue weighted by Gasteiger charge is 2.20. The average molecular weight is 446 g/mol. The maximum Gasteiger partial charge on any atom is 0.337 e. The van der Waals surface area contributed by atoms with E-state index in [4.69, 9.17) is 9.15 Å². The molecule has 0 aliphatic carbocycles. The number of halogens is 1. The molecule has 0 saturated carbocycles. The first-order valence-electron chi connectivity index (χ1n) is 10.2. The summed E-state index contributed by atoms with van der Waals surface area (Å²) in [6, 6.07) is 16.3. The summed E-state index contributed by atoms with van der Waals surface area (Å²) in [5, 5.41) is 0. The maximum atomic E-state index is 13.5. The summed E-state index contributed by atoms with van der Waals surface area (Å²) >= 11 is 0. The van der Waals surface area contributed by atoms with E-state index in [0.29, 0.717) is 18.0 Å². The van der Waals surface area contributed by atoms with Gasteiger partial charge in [-0.3, -0.25) is 9.36 Å². The number of imidazole rings is 1. The normalized spacial score (nSPS) is 11.2. The van der Waals surface area contributed by atoms with E-state index in [-0.39, 0.29) is 17.7 Å². The Morgan fingerprint density at radius 1 is 1.00 bits per heavy atom. The largest absolute Gasteiger partial charge is 0.497 e. The van der Waals surface area contributed by atoms with Crippen LogP contribution in [0.2, 0.25) is 0 Å². The molecule has 9 heteroatoms. The Hall–Kier alpha value is -4.40. The molecule has 33 heavy (non-hydrogen) atoms. The molecule has 0 N–H and O–H groups in total. The molecule has 8 nitrogen and oxygen atoms in total. The number of rotatable bonds is 6.